The molecule has 1 aromatic heterocycles. The maximum atomic E-state index is 13.3. The summed E-state index contributed by atoms with van der Waals surface area (Å²) in [7, 11) is 0. The molecule has 0 unspecified atom stereocenters. The number of anilines is 1. The molecule has 33 heavy (non-hydrogen) atoms. The van der Waals surface area contributed by atoms with Gasteiger partial charge < -0.3 is 14.5 Å². The van der Waals surface area contributed by atoms with Crippen molar-refractivity contribution in [2.24, 2.45) is 0 Å². The summed E-state index contributed by atoms with van der Waals surface area (Å²) < 4.78 is 5.65. The normalized spacial score (nSPS) is 24.5. The van der Waals surface area contributed by atoms with Gasteiger partial charge in [0.15, 0.2) is 0 Å². The molecule has 4 heterocycles. The second-order valence-corrected chi connectivity index (χ2v) is 11.5. The Balaban J connectivity index is 1.44. The van der Waals surface area contributed by atoms with Crippen molar-refractivity contribution < 1.29 is 14.3 Å². The van der Waals surface area contributed by atoms with Crippen LogP contribution < -0.4 is 4.90 Å². The van der Waals surface area contributed by atoms with Gasteiger partial charge in [0, 0.05) is 63.5 Å². The highest BCUT2D eigenvalue weighted by atomic mass is 35.5. The van der Waals surface area contributed by atoms with Gasteiger partial charge in [-0.25, -0.2) is 4.79 Å². The van der Waals surface area contributed by atoms with Crippen molar-refractivity contribution in [3.05, 3.63) is 22.4 Å². The molecule has 11 heteroatoms. The second kappa shape index (κ2) is 10.1. The maximum Gasteiger partial charge on any atom is 0.411 e. The van der Waals surface area contributed by atoms with Crippen LogP contribution >= 0.6 is 35.0 Å². The van der Waals surface area contributed by atoms with Crippen LogP contribution in [0.1, 0.15) is 27.2 Å². The summed E-state index contributed by atoms with van der Waals surface area (Å²) >= 11 is 14.4. The van der Waals surface area contributed by atoms with Crippen molar-refractivity contribution in [3.8, 4) is 0 Å². The number of hydrogen-bond acceptors (Lipinski definition) is 7. The Kier molecular flexibility index (Phi) is 7.53. The van der Waals surface area contributed by atoms with Crippen LogP contribution in [0.3, 0.4) is 0 Å². The number of likely N-dealkylation sites (tertiary alicyclic amines) is 1. The SMILES string of the molecule is CC(C)(C)OC(=O)N1C[C@@H](N2CCN(c3c(Cl)cncc3Cl)CC2)C[C@H]1C(=O)N1CCSC1. The van der Waals surface area contributed by atoms with Gasteiger partial charge in [-0.1, -0.05) is 23.2 Å². The van der Waals surface area contributed by atoms with E-state index in [1.807, 2.05) is 25.7 Å². The van der Waals surface area contributed by atoms with E-state index in [1.165, 1.54) is 0 Å². The van der Waals surface area contributed by atoms with Crippen LogP contribution in [0.25, 0.3) is 0 Å². The van der Waals surface area contributed by atoms with E-state index < -0.39 is 17.7 Å². The van der Waals surface area contributed by atoms with Crippen molar-refractivity contribution in [1.29, 1.82) is 0 Å². The lowest BCUT2D eigenvalue weighted by atomic mass is 10.1. The van der Waals surface area contributed by atoms with Gasteiger partial charge in [-0.15, -0.1) is 11.8 Å². The van der Waals surface area contributed by atoms with Crippen molar-refractivity contribution in [2.45, 2.75) is 44.9 Å². The molecule has 182 valence electrons. The van der Waals surface area contributed by atoms with Gasteiger partial charge in [0.05, 0.1) is 21.6 Å². The zero-order valence-corrected chi connectivity index (χ0v) is 21.6. The first-order valence-corrected chi connectivity index (χ1v) is 13.2. The van der Waals surface area contributed by atoms with E-state index in [0.717, 1.165) is 44.2 Å². The van der Waals surface area contributed by atoms with E-state index in [0.29, 0.717) is 28.9 Å². The molecule has 0 aromatic carbocycles. The van der Waals surface area contributed by atoms with Gasteiger partial charge >= 0.3 is 6.09 Å². The lowest BCUT2D eigenvalue weighted by molar-refractivity contribution is -0.134. The quantitative estimate of drug-likeness (QED) is 0.610. The van der Waals surface area contributed by atoms with Crippen LogP contribution in [0, 0.1) is 0 Å². The number of nitrogens with zero attached hydrogens (tertiary/aromatic N) is 5. The number of ether oxygens (including phenoxy) is 1. The summed E-state index contributed by atoms with van der Waals surface area (Å²) in [5.74, 6) is 1.66. The molecule has 3 saturated heterocycles. The number of halogens is 2. The fourth-order valence-corrected chi connectivity index (χ4v) is 6.21. The Bertz CT molecular complexity index is 865. The van der Waals surface area contributed by atoms with Gasteiger partial charge in [0.2, 0.25) is 5.91 Å². The number of piperazine rings is 1. The minimum absolute atomic E-state index is 0.0299. The first-order chi connectivity index (χ1) is 15.6. The molecule has 0 N–H and O–H groups in total. The summed E-state index contributed by atoms with van der Waals surface area (Å²) in [6.45, 7) is 9.87. The Hall–Kier alpha value is -1.42. The van der Waals surface area contributed by atoms with Crippen LogP contribution in [-0.2, 0) is 9.53 Å². The van der Waals surface area contributed by atoms with E-state index in [-0.39, 0.29) is 11.9 Å². The highest BCUT2D eigenvalue weighted by molar-refractivity contribution is 7.99. The Morgan fingerprint density at radius 3 is 2.33 bits per heavy atom. The van der Waals surface area contributed by atoms with Gasteiger partial charge in [-0.05, 0) is 27.2 Å². The number of amides is 2. The lowest BCUT2D eigenvalue weighted by Crippen LogP contribution is -2.51. The van der Waals surface area contributed by atoms with E-state index in [9.17, 15) is 9.59 Å². The molecule has 0 spiro atoms. The molecule has 0 saturated carbocycles. The van der Waals surface area contributed by atoms with Gasteiger partial charge in [0.1, 0.15) is 11.6 Å². The summed E-state index contributed by atoms with van der Waals surface area (Å²) in [6, 6.07) is -0.377. The molecule has 0 radical (unpaired) electrons. The van der Waals surface area contributed by atoms with Crippen LogP contribution in [0.4, 0.5) is 10.5 Å². The summed E-state index contributed by atoms with van der Waals surface area (Å²) in [4.78, 5) is 38.3. The highest BCUT2D eigenvalue weighted by Crippen LogP contribution is 2.34. The van der Waals surface area contributed by atoms with Crippen molar-refractivity contribution in [1.82, 2.24) is 19.7 Å². The monoisotopic (exact) mass is 515 g/mol. The molecule has 2 amide bonds. The number of carbonyl (C=O) groups is 2. The molecule has 1 aromatic rings. The lowest BCUT2D eigenvalue weighted by Gasteiger charge is -2.39. The Morgan fingerprint density at radius 1 is 1.09 bits per heavy atom. The number of thioether (sulfide) groups is 1. The fraction of sp³-hybridized carbons (Fsp3) is 0.682. The minimum atomic E-state index is -0.610. The third-order valence-corrected chi connectivity index (χ3v) is 7.75. The fourth-order valence-electron chi connectivity index (χ4n) is 4.65. The van der Waals surface area contributed by atoms with Crippen molar-refractivity contribution in [3.63, 3.8) is 0 Å². The zero-order valence-electron chi connectivity index (χ0n) is 19.3. The summed E-state index contributed by atoms with van der Waals surface area (Å²) in [6.07, 6.45) is 3.43. The van der Waals surface area contributed by atoms with E-state index in [2.05, 4.69) is 14.8 Å². The van der Waals surface area contributed by atoms with E-state index in [1.54, 1.807) is 29.1 Å². The van der Waals surface area contributed by atoms with E-state index >= 15 is 0 Å². The van der Waals surface area contributed by atoms with Crippen LogP contribution in [0.5, 0.6) is 0 Å². The second-order valence-electron chi connectivity index (χ2n) is 9.65. The van der Waals surface area contributed by atoms with Gasteiger partial charge in [0.25, 0.3) is 0 Å². The molecule has 8 nitrogen and oxygen atoms in total. The van der Waals surface area contributed by atoms with Crippen LogP contribution in [-0.4, -0.2) is 100 Å². The average molecular weight is 516 g/mol. The predicted molar refractivity (Wildman–Crippen MR) is 132 cm³/mol. The zero-order chi connectivity index (χ0) is 23.8. The highest BCUT2D eigenvalue weighted by Gasteiger charge is 2.45. The third kappa shape index (κ3) is 5.63. The molecule has 3 aliphatic heterocycles. The first-order valence-electron chi connectivity index (χ1n) is 11.3. The molecular formula is C22H31Cl2N5O3S. The number of aromatic nitrogens is 1. The molecule has 0 aliphatic carbocycles. The van der Waals surface area contributed by atoms with E-state index in [4.69, 9.17) is 27.9 Å². The first kappa shape index (κ1) is 24.7. The standard InChI is InChI=1S/C22H31Cl2N5O3S/c1-22(2,3)32-21(31)29-13-15(10-18(29)20(30)28-8-9-33-14-28)26-4-6-27(7-5-26)19-16(23)11-25-12-17(19)24/h11-12,15,18H,4-10,13-14H2,1-3H3/t15-,18-/m0/s1. The molecule has 3 fully saturated rings. The number of hydrogen-bond donors (Lipinski definition) is 0. The molecular weight excluding hydrogens is 485 g/mol. The predicted octanol–water partition coefficient (Wildman–Crippen LogP) is 3.42. The molecule has 3 aliphatic rings. The van der Waals surface area contributed by atoms with Crippen molar-refractivity contribution >= 4 is 52.7 Å². The third-order valence-electron chi connectivity index (χ3n) is 6.23. The largest absolute Gasteiger partial charge is 0.444 e. The number of carbonyl (C=O) groups excluding carboxylic acids is 2. The summed E-state index contributed by atoms with van der Waals surface area (Å²) in [5.41, 5.74) is 0.204. The van der Waals surface area contributed by atoms with Gasteiger partial charge in [-0.2, -0.15) is 0 Å². The van der Waals surface area contributed by atoms with Crippen LogP contribution in [0.15, 0.2) is 12.4 Å². The van der Waals surface area contributed by atoms with Crippen molar-refractivity contribution in [2.75, 3.05) is 55.8 Å². The topological polar surface area (TPSA) is 69.2 Å². The maximum absolute atomic E-state index is 13.3. The van der Waals surface area contributed by atoms with Gasteiger partial charge in [-0.3, -0.25) is 19.6 Å². The molecule has 0 bridgehead atoms. The number of pyridine rings is 1. The molecule has 2 atom stereocenters. The Labute approximate surface area is 209 Å². The average Bonchev–Trinajstić information content (AvgIpc) is 3.43. The Morgan fingerprint density at radius 2 is 1.76 bits per heavy atom. The minimum Gasteiger partial charge on any atom is -0.444 e. The molecule has 4 rings (SSSR count). The number of rotatable bonds is 3. The smallest absolute Gasteiger partial charge is 0.411 e. The summed E-state index contributed by atoms with van der Waals surface area (Å²) in [5, 5.41) is 1.09. The van der Waals surface area contributed by atoms with Crippen LogP contribution in [0.2, 0.25) is 10.0 Å².